The van der Waals surface area contributed by atoms with Gasteiger partial charge in [0.2, 0.25) is 0 Å². The van der Waals surface area contributed by atoms with Gasteiger partial charge in [0.1, 0.15) is 5.82 Å². The van der Waals surface area contributed by atoms with Gasteiger partial charge in [-0.3, -0.25) is 4.90 Å². The molecular weight excluding hydrogens is 238 g/mol. The van der Waals surface area contributed by atoms with Crippen LogP contribution in [0.25, 0.3) is 0 Å². The molecule has 4 heteroatoms. The molecule has 1 unspecified atom stereocenters. The molecule has 1 aliphatic heterocycles. The van der Waals surface area contributed by atoms with Crippen molar-refractivity contribution in [2.75, 3.05) is 25.0 Å². The third-order valence-corrected chi connectivity index (χ3v) is 3.78. The second-order valence-electron chi connectivity index (χ2n) is 5.24. The van der Waals surface area contributed by atoms with E-state index >= 15 is 0 Å². The molecule has 0 radical (unpaired) electrons. The maximum atomic E-state index is 9.54. The summed E-state index contributed by atoms with van der Waals surface area (Å²) in [6.07, 6.45) is 6.73. The van der Waals surface area contributed by atoms with Gasteiger partial charge < -0.3 is 10.4 Å². The first-order chi connectivity index (χ1) is 9.33. The number of hydrogen-bond acceptors (Lipinski definition) is 4. The minimum Gasteiger partial charge on any atom is -0.395 e. The fourth-order valence-electron chi connectivity index (χ4n) is 2.74. The highest BCUT2D eigenvalue weighted by Crippen LogP contribution is 2.19. The number of likely N-dealkylation sites (tertiary alicyclic amines) is 1. The molecule has 1 saturated heterocycles. The monoisotopic (exact) mass is 263 g/mol. The van der Waals surface area contributed by atoms with Gasteiger partial charge in [-0.1, -0.05) is 12.8 Å². The molecule has 1 atom stereocenters. The molecular formula is C15H25N3O. The smallest absolute Gasteiger partial charge is 0.126 e. The van der Waals surface area contributed by atoms with Crippen LogP contribution in [0.15, 0.2) is 18.3 Å². The highest BCUT2D eigenvalue weighted by Gasteiger charge is 2.20. The van der Waals surface area contributed by atoms with Crippen molar-refractivity contribution in [3.05, 3.63) is 23.9 Å². The zero-order valence-corrected chi connectivity index (χ0v) is 11.8. The Morgan fingerprint density at radius 3 is 3.11 bits per heavy atom. The standard InChI is InChI=1S/C15H25N3O/c1-2-16-15-10-13(7-8-17-15)11-18-9-5-3-4-6-14(18)12-19/h7-8,10,14,19H,2-6,9,11-12H2,1H3,(H,16,17). The summed E-state index contributed by atoms with van der Waals surface area (Å²) >= 11 is 0. The van der Waals surface area contributed by atoms with Gasteiger partial charge in [-0.05, 0) is 44.0 Å². The topological polar surface area (TPSA) is 48.4 Å². The van der Waals surface area contributed by atoms with Crippen LogP contribution < -0.4 is 5.32 Å². The SMILES string of the molecule is CCNc1cc(CN2CCCCCC2CO)ccn1. The van der Waals surface area contributed by atoms with E-state index in [4.69, 9.17) is 0 Å². The molecule has 4 nitrogen and oxygen atoms in total. The van der Waals surface area contributed by atoms with E-state index in [2.05, 4.69) is 34.3 Å². The van der Waals surface area contributed by atoms with Crippen LogP contribution in [0.5, 0.6) is 0 Å². The molecule has 2 rings (SSSR count). The van der Waals surface area contributed by atoms with Crippen LogP contribution in [0.2, 0.25) is 0 Å². The largest absolute Gasteiger partial charge is 0.395 e. The highest BCUT2D eigenvalue weighted by atomic mass is 16.3. The number of aliphatic hydroxyl groups is 1. The Labute approximate surface area is 115 Å². The number of rotatable bonds is 5. The average molecular weight is 263 g/mol. The summed E-state index contributed by atoms with van der Waals surface area (Å²) in [5, 5.41) is 12.8. The maximum Gasteiger partial charge on any atom is 0.126 e. The Kier molecular flexibility index (Phi) is 5.61. The lowest BCUT2D eigenvalue weighted by atomic mass is 10.1. The van der Waals surface area contributed by atoms with Gasteiger partial charge in [-0.15, -0.1) is 0 Å². The first-order valence-corrected chi connectivity index (χ1v) is 7.37. The number of aromatic nitrogens is 1. The zero-order valence-electron chi connectivity index (χ0n) is 11.8. The first kappa shape index (κ1) is 14.3. The second-order valence-corrected chi connectivity index (χ2v) is 5.24. The molecule has 106 valence electrons. The summed E-state index contributed by atoms with van der Waals surface area (Å²) in [6, 6.07) is 4.50. The second kappa shape index (κ2) is 7.46. The van der Waals surface area contributed by atoms with E-state index < -0.39 is 0 Å². The summed E-state index contributed by atoms with van der Waals surface area (Å²) in [5.74, 6) is 0.940. The Hall–Kier alpha value is -1.13. The van der Waals surface area contributed by atoms with E-state index in [0.29, 0.717) is 6.04 Å². The molecule has 0 spiro atoms. The van der Waals surface area contributed by atoms with Crippen LogP contribution in [-0.2, 0) is 6.54 Å². The average Bonchev–Trinajstić information content (AvgIpc) is 2.64. The zero-order chi connectivity index (χ0) is 13.5. The maximum absolute atomic E-state index is 9.54. The van der Waals surface area contributed by atoms with E-state index in [0.717, 1.165) is 31.9 Å². The molecule has 0 saturated carbocycles. The quantitative estimate of drug-likeness (QED) is 0.855. The van der Waals surface area contributed by atoms with Crippen molar-refractivity contribution in [3.63, 3.8) is 0 Å². The van der Waals surface area contributed by atoms with E-state index in [1.807, 2.05) is 6.20 Å². The summed E-state index contributed by atoms with van der Waals surface area (Å²) in [4.78, 5) is 6.72. The van der Waals surface area contributed by atoms with E-state index in [9.17, 15) is 5.11 Å². The van der Waals surface area contributed by atoms with Gasteiger partial charge in [0, 0.05) is 25.3 Å². The highest BCUT2D eigenvalue weighted by molar-refractivity contribution is 5.37. The van der Waals surface area contributed by atoms with Crippen LogP contribution >= 0.6 is 0 Å². The van der Waals surface area contributed by atoms with Crippen molar-refractivity contribution in [1.82, 2.24) is 9.88 Å². The lowest BCUT2D eigenvalue weighted by molar-refractivity contribution is 0.118. The molecule has 0 bridgehead atoms. The molecule has 1 aromatic rings. The summed E-state index contributed by atoms with van der Waals surface area (Å²) in [6.45, 7) is 5.23. The van der Waals surface area contributed by atoms with Crippen LogP contribution in [0.3, 0.4) is 0 Å². The number of anilines is 1. The molecule has 1 fully saturated rings. The van der Waals surface area contributed by atoms with E-state index in [1.54, 1.807) is 0 Å². The summed E-state index contributed by atoms with van der Waals surface area (Å²) in [5.41, 5.74) is 1.27. The molecule has 19 heavy (non-hydrogen) atoms. The number of aliphatic hydroxyl groups excluding tert-OH is 1. The molecule has 0 aliphatic carbocycles. The van der Waals surface area contributed by atoms with Crippen molar-refractivity contribution >= 4 is 5.82 Å². The first-order valence-electron chi connectivity index (χ1n) is 7.37. The van der Waals surface area contributed by atoms with Crippen LogP contribution in [0.1, 0.15) is 38.2 Å². The number of nitrogens with one attached hydrogen (secondary N) is 1. The summed E-state index contributed by atoms with van der Waals surface area (Å²) in [7, 11) is 0. The number of hydrogen-bond donors (Lipinski definition) is 2. The molecule has 2 heterocycles. The Balaban J connectivity index is 2.03. The van der Waals surface area contributed by atoms with Gasteiger partial charge in [0.05, 0.1) is 6.61 Å². The minimum atomic E-state index is 0.269. The fraction of sp³-hybridized carbons (Fsp3) is 0.667. The molecule has 1 aromatic heterocycles. The van der Waals surface area contributed by atoms with Crippen LogP contribution in [0, 0.1) is 0 Å². The Morgan fingerprint density at radius 2 is 2.32 bits per heavy atom. The van der Waals surface area contributed by atoms with Crippen molar-refractivity contribution in [3.8, 4) is 0 Å². The van der Waals surface area contributed by atoms with Crippen LogP contribution in [-0.4, -0.2) is 40.7 Å². The minimum absolute atomic E-state index is 0.269. The third-order valence-electron chi connectivity index (χ3n) is 3.78. The van der Waals surface area contributed by atoms with Crippen molar-refractivity contribution in [2.24, 2.45) is 0 Å². The van der Waals surface area contributed by atoms with Crippen molar-refractivity contribution in [2.45, 2.75) is 45.2 Å². The lowest BCUT2D eigenvalue weighted by Crippen LogP contribution is -2.36. The third kappa shape index (κ3) is 4.18. The predicted molar refractivity (Wildman–Crippen MR) is 78.2 cm³/mol. The predicted octanol–water partition coefficient (Wildman–Crippen LogP) is 2.25. The molecule has 1 aliphatic rings. The number of pyridine rings is 1. The lowest BCUT2D eigenvalue weighted by Gasteiger charge is -2.28. The van der Waals surface area contributed by atoms with Crippen LogP contribution in [0.4, 0.5) is 5.82 Å². The van der Waals surface area contributed by atoms with E-state index in [-0.39, 0.29) is 6.61 Å². The van der Waals surface area contributed by atoms with Gasteiger partial charge in [-0.25, -0.2) is 4.98 Å². The molecule has 0 amide bonds. The molecule has 0 aromatic carbocycles. The fourth-order valence-corrected chi connectivity index (χ4v) is 2.74. The summed E-state index contributed by atoms with van der Waals surface area (Å²) < 4.78 is 0. The van der Waals surface area contributed by atoms with Gasteiger partial charge in [-0.2, -0.15) is 0 Å². The Morgan fingerprint density at radius 1 is 1.42 bits per heavy atom. The van der Waals surface area contributed by atoms with Crippen molar-refractivity contribution < 1.29 is 5.11 Å². The van der Waals surface area contributed by atoms with Gasteiger partial charge in [0.15, 0.2) is 0 Å². The normalized spacial score (nSPS) is 21.1. The Bertz CT molecular complexity index is 383. The number of nitrogens with zero attached hydrogens (tertiary/aromatic N) is 2. The van der Waals surface area contributed by atoms with Gasteiger partial charge in [0.25, 0.3) is 0 Å². The molecule has 2 N–H and O–H groups in total. The van der Waals surface area contributed by atoms with Gasteiger partial charge >= 0.3 is 0 Å². The van der Waals surface area contributed by atoms with Crippen molar-refractivity contribution in [1.29, 1.82) is 0 Å². The van der Waals surface area contributed by atoms with E-state index in [1.165, 1.54) is 24.8 Å².